The molecule has 0 spiro atoms. The van der Waals surface area contributed by atoms with Crippen molar-refractivity contribution in [1.29, 1.82) is 0 Å². The van der Waals surface area contributed by atoms with Gasteiger partial charge in [0.2, 0.25) is 11.8 Å². The van der Waals surface area contributed by atoms with E-state index in [0.717, 1.165) is 5.56 Å². The van der Waals surface area contributed by atoms with Crippen LogP contribution < -0.4 is 9.64 Å². The fourth-order valence-corrected chi connectivity index (χ4v) is 3.32. The van der Waals surface area contributed by atoms with E-state index >= 15 is 0 Å². The second-order valence-electron chi connectivity index (χ2n) is 6.68. The smallest absolute Gasteiger partial charge is 0.323 e. The highest BCUT2D eigenvalue weighted by Gasteiger charge is 2.37. The lowest BCUT2D eigenvalue weighted by Crippen LogP contribution is -2.40. The van der Waals surface area contributed by atoms with Crippen molar-refractivity contribution in [3.8, 4) is 5.75 Å². The number of aliphatic carboxylic acids is 1. The van der Waals surface area contributed by atoms with Crippen LogP contribution in [0.3, 0.4) is 0 Å². The van der Waals surface area contributed by atoms with Crippen LogP contribution in [0.25, 0.3) is 0 Å². The number of carboxylic acids is 1. The summed E-state index contributed by atoms with van der Waals surface area (Å²) in [4.78, 5) is 39.5. The minimum atomic E-state index is -1.08. The first kappa shape index (κ1) is 19.4. The van der Waals surface area contributed by atoms with Crippen LogP contribution >= 0.6 is 0 Å². The number of nitrogens with zero attached hydrogens (tertiary/aromatic N) is 2. The third kappa shape index (κ3) is 4.49. The van der Waals surface area contributed by atoms with Crippen molar-refractivity contribution in [1.82, 2.24) is 4.90 Å². The topological polar surface area (TPSA) is 87.2 Å². The van der Waals surface area contributed by atoms with Crippen LogP contribution in [0.1, 0.15) is 12.0 Å². The lowest BCUT2D eigenvalue weighted by atomic mass is 10.1. The summed E-state index contributed by atoms with van der Waals surface area (Å²) >= 11 is 0. The van der Waals surface area contributed by atoms with Crippen molar-refractivity contribution >= 4 is 23.5 Å². The molecular formula is C21H22N2O5. The number of benzene rings is 2. The first-order valence-electron chi connectivity index (χ1n) is 8.97. The van der Waals surface area contributed by atoms with E-state index in [2.05, 4.69) is 0 Å². The number of anilines is 1. The maximum absolute atomic E-state index is 13.0. The molecular weight excluding hydrogens is 360 g/mol. The minimum absolute atomic E-state index is 0.0652. The third-order valence-corrected chi connectivity index (χ3v) is 4.71. The molecule has 1 N–H and O–H groups in total. The minimum Gasteiger partial charge on any atom is -0.497 e. The van der Waals surface area contributed by atoms with Gasteiger partial charge in [-0.1, -0.05) is 30.3 Å². The largest absolute Gasteiger partial charge is 0.497 e. The van der Waals surface area contributed by atoms with Gasteiger partial charge in [0.1, 0.15) is 12.3 Å². The van der Waals surface area contributed by atoms with Gasteiger partial charge in [0.05, 0.1) is 13.0 Å². The molecule has 3 rings (SSSR count). The molecule has 2 amide bonds. The average Bonchev–Trinajstić information content (AvgIpc) is 3.09. The first-order valence-corrected chi connectivity index (χ1v) is 8.97. The zero-order chi connectivity index (χ0) is 20.1. The van der Waals surface area contributed by atoms with Crippen LogP contribution in [-0.2, 0) is 20.9 Å². The van der Waals surface area contributed by atoms with E-state index in [4.69, 9.17) is 4.74 Å². The monoisotopic (exact) mass is 382 g/mol. The van der Waals surface area contributed by atoms with E-state index in [9.17, 15) is 19.5 Å². The Balaban J connectivity index is 1.73. The standard InChI is InChI=1S/C21H22N2O5/c1-28-18-9-7-17(8-10-18)23-13-16(11-19(23)24)21(27)22(14-20(25)26)12-15-5-3-2-4-6-15/h2-10,16H,11-14H2,1H3,(H,25,26). The molecule has 7 nitrogen and oxygen atoms in total. The van der Waals surface area contributed by atoms with Gasteiger partial charge in [-0.3, -0.25) is 14.4 Å². The van der Waals surface area contributed by atoms with Gasteiger partial charge < -0.3 is 19.6 Å². The summed E-state index contributed by atoms with van der Waals surface area (Å²) in [6, 6.07) is 16.2. The maximum atomic E-state index is 13.0. The van der Waals surface area contributed by atoms with Crippen LogP contribution in [-0.4, -0.2) is 48.0 Å². The molecule has 1 aliphatic rings. The summed E-state index contributed by atoms with van der Waals surface area (Å²) in [6.07, 6.45) is 0.0652. The first-order chi connectivity index (χ1) is 13.5. The molecule has 0 bridgehead atoms. The number of ether oxygens (including phenoxy) is 1. The summed E-state index contributed by atoms with van der Waals surface area (Å²) in [5.41, 5.74) is 1.53. The Kier molecular flexibility index (Phi) is 5.93. The van der Waals surface area contributed by atoms with Gasteiger partial charge in [-0.15, -0.1) is 0 Å². The fraction of sp³-hybridized carbons (Fsp3) is 0.286. The third-order valence-electron chi connectivity index (χ3n) is 4.71. The molecule has 0 aromatic heterocycles. The molecule has 146 valence electrons. The van der Waals surface area contributed by atoms with Gasteiger partial charge >= 0.3 is 5.97 Å². The Labute approximate surface area is 163 Å². The number of carbonyl (C=O) groups excluding carboxylic acids is 2. The summed E-state index contributed by atoms with van der Waals surface area (Å²) in [7, 11) is 1.56. The van der Waals surface area contributed by atoms with Gasteiger partial charge in [-0.25, -0.2) is 0 Å². The van der Waals surface area contributed by atoms with Gasteiger partial charge in [0.25, 0.3) is 0 Å². The predicted molar refractivity (Wildman–Crippen MR) is 103 cm³/mol. The number of carbonyl (C=O) groups is 3. The molecule has 1 atom stereocenters. The second-order valence-corrected chi connectivity index (χ2v) is 6.68. The van der Waals surface area contributed by atoms with Crippen molar-refractivity contribution in [3.05, 3.63) is 60.2 Å². The number of hydrogen-bond acceptors (Lipinski definition) is 4. The van der Waals surface area contributed by atoms with Crippen molar-refractivity contribution < 1.29 is 24.2 Å². The van der Waals surface area contributed by atoms with Crippen molar-refractivity contribution in [2.45, 2.75) is 13.0 Å². The molecule has 1 saturated heterocycles. The SMILES string of the molecule is COc1ccc(N2CC(C(=O)N(CC(=O)O)Cc3ccccc3)CC2=O)cc1. The molecule has 1 aliphatic heterocycles. The van der Waals surface area contributed by atoms with E-state index in [1.54, 1.807) is 36.3 Å². The molecule has 0 saturated carbocycles. The summed E-state index contributed by atoms with van der Waals surface area (Å²) in [5.74, 6) is -1.45. The summed E-state index contributed by atoms with van der Waals surface area (Å²) < 4.78 is 5.12. The van der Waals surface area contributed by atoms with Gasteiger partial charge in [-0.05, 0) is 29.8 Å². The van der Waals surface area contributed by atoms with E-state index in [1.165, 1.54) is 4.90 Å². The van der Waals surface area contributed by atoms with Gasteiger partial charge in [0.15, 0.2) is 0 Å². The van der Waals surface area contributed by atoms with Crippen LogP contribution in [0.2, 0.25) is 0 Å². The van der Waals surface area contributed by atoms with Crippen molar-refractivity contribution in [2.75, 3.05) is 25.1 Å². The van der Waals surface area contributed by atoms with Crippen LogP contribution in [0.15, 0.2) is 54.6 Å². The van der Waals surface area contributed by atoms with E-state index < -0.39 is 18.4 Å². The normalized spacial score (nSPS) is 16.1. The molecule has 28 heavy (non-hydrogen) atoms. The molecule has 1 heterocycles. The van der Waals surface area contributed by atoms with Gasteiger partial charge in [0, 0.05) is 25.2 Å². The lowest BCUT2D eigenvalue weighted by Gasteiger charge is -2.24. The second kappa shape index (κ2) is 8.56. The highest BCUT2D eigenvalue weighted by atomic mass is 16.5. The van der Waals surface area contributed by atoms with E-state index in [1.807, 2.05) is 30.3 Å². The van der Waals surface area contributed by atoms with Gasteiger partial charge in [-0.2, -0.15) is 0 Å². The highest BCUT2D eigenvalue weighted by Crippen LogP contribution is 2.28. The Morgan fingerprint density at radius 1 is 1.14 bits per heavy atom. The predicted octanol–water partition coefficient (Wildman–Crippen LogP) is 2.16. The molecule has 0 radical (unpaired) electrons. The average molecular weight is 382 g/mol. The molecule has 1 fully saturated rings. The number of amides is 2. The molecule has 7 heteroatoms. The highest BCUT2D eigenvalue weighted by molar-refractivity contribution is 6.00. The molecule has 1 unspecified atom stereocenters. The molecule has 2 aromatic carbocycles. The summed E-state index contributed by atoms with van der Waals surface area (Å²) in [6.45, 7) is 0.0229. The Bertz CT molecular complexity index is 851. The number of rotatable bonds is 7. The van der Waals surface area contributed by atoms with E-state index in [-0.39, 0.29) is 31.3 Å². The zero-order valence-electron chi connectivity index (χ0n) is 15.6. The Morgan fingerprint density at radius 3 is 2.43 bits per heavy atom. The van der Waals surface area contributed by atoms with Crippen molar-refractivity contribution in [3.63, 3.8) is 0 Å². The maximum Gasteiger partial charge on any atom is 0.323 e. The van der Waals surface area contributed by atoms with Crippen LogP contribution in [0, 0.1) is 5.92 Å². The molecule has 0 aliphatic carbocycles. The quantitative estimate of drug-likeness (QED) is 0.793. The Morgan fingerprint density at radius 2 is 1.82 bits per heavy atom. The number of carboxylic acid groups (broad SMARTS) is 1. The molecule has 2 aromatic rings. The number of hydrogen-bond donors (Lipinski definition) is 1. The summed E-state index contributed by atoms with van der Waals surface area (Å²) in [5, 5.41) is 9.20. The van der Waals surface area contributed by atoms with Crippen molar-refractivity contribution in [2.24, 2.45) is 5.92 Å². The van der Waals surface area contributed by atoms with E-state index in [0.29, 0.717) is 11.4 Å². The van der Waals surface area contributed by atoms with Crippen LogP contribution in [0.4, 0.5) is 5.69 Å². The Hall–Kier alpha value is -3.35. The lowest BCUT2D eigenvalue weighted by molar-refractivity contribution is -0.146. The zero-order valence-corrected chi connectivity index (χ0v) is 15.6. The number of methoxy groups -OCH3 is 1. The van der Waals surface area contributed by atoms with Crippen LogP contribution in [0.5, 0.6) is 5.75 Å². The fourth-order valence-electron chi connectivity index (χ4n) is 3.32.